The molecule has 7 nitrogen and oxygen atoms in total. The molecular formula is C16H24N6OS. The van der Waals surface area contributed by atoms with Gasteiger partial charge in [0.05, 0.1) is 13.1 Å². The highest BCUT2D eigenvalue weighted by Gasteiger charge is 2.25. The van der Waals surface area contributed by atoms with Crippen molar-refractivity contribution in [3.63, 3.8) is 0 Å². The second kappa shape index (κ2) is 7.87. The minimum atomic E-state index is 0.00660. The lowest BCUT2D eigenvalue weighted by atomic mass is 10.2. The van der Waals surface area contributed by atoms with E-state index in [4.69, 9.17) is 0 Å². The maximum Gasteiger partial charge on any atom is 0.240 e. The van der Waals surface area contributed by atoms with Crippen molar-refractivity contribution in [3.05, 3.63) is 29.8 Å². The van der Waals surface area contributed by atoms with E-state index < -0.39 is 0 Å². The molecule has 0 spiro atoms. The highest BCUT2D eigenvalue weighted by molar-refractivity contribution is 7.13. The first-order valence-electron chi connectivity index (χ1n) is 8.31. The van der Waals surface area contributed by atoms with Crippen LogP contribution >= 0.6 is 11.3 Å². The van der Waals surface area contributed by atoms with Gasteiger partial charge in [0, 0.05) is 56.2 Å². The molecule has 0 bridgehead atoms. The molecule has 1 N–H and O–H groups in total. The molecule has 0 radical (unpaired) electrons. The van der Waals surface area contributed by atoms with Crippen LogP contribution in [0.25, 0.3) is 0 Å². The van der Waals surface area contributed by atoms with Gasteiger partial charge in [0.2, 0.25) is 5.91 Å². The number of aromatic nitrogens is 3. The van der Waals surface area contributed by atoms with Crippen LogP contribution in [0.4, 0.5) is 5.13 Å². The molecule has 1 aliphatic rings. The molecule has 0 aliphatic carbocycles. The van der Waals surface area contributed by atoms with Gasteiger partial charge in [-0.1, -0.05) is 0 Å². The maximum absolute atomic E-state index is 12.1. The van der Waals surface area contributed by atoms with Gasteiger partial charge in [0.25, 0.3) is 0 Å². The van der Waals surface area contributed by atoms with E-state index in [1.165, 1.54) is 11.3 Å². The third-order valence-corrected chi connectivity index (χ3v) is 5.07. The van der Waals surface area contributed by atoms with E-state index in [0.717, 1.165) is 38.5 Å². The van der Waals surface area contributed by atoms with Gasteiger partial charge in [-0.25, -0.2) is 9.97 Å². The fourth-order valence-corrected chi connectivity index (χ4v) is 3.60. The molecule has 0 saturated carbocycles. The number of nitrogens with one attached hydrogen (secondary N) is 1. The normalized spacial score (nSPS) is 19.5. The van der Waals surface area contributed by atoms with Gasteiger partial charge in [-0.3, -0.25) is 14.6 Å². The van der Waals surface area contributed by atoms with Crippen LogP contribution in [0.15, 0.2) is 24.0 Å². The van der Waals surface area contributed by atoms with E-state index in [9.17, 15) is 4.79 Å². The van der Waals surface area contributed by atoms with Crippen molar-refractivity contribution in [2.45, 2.75) is 33.0 Å². The Morgan fingerprint density at radius 3 is 2.96 bits per heavy atom. The highest BCUT2D eigenvalue weighted by Crippen LogP contribution is 2.14. The van der Waals surface area contributed by atoms with E-state index in [2.05, 4.69) is 43.5 Å². The maximum atomic E-state index is 12.1. The number of rotatable bonds is 6. The number of carbonyl (C=O) groups excluding carboxylic acids is 1. The van der Waals surface area contributed by atoms with Crippen LogP contribution in [0.5, 0.6) is 0 Å². The predicted molar refractivity (Wildman–Crippen MR) is 95.0 cm³/mol. The van der Waals surface area contributed by atoms with E-state index in [0.29, 0.717) is 17.7 Å². The lowest BCUT2D eigenvalue weighted by molar-refractivity contribution is -0.118. The number of imidazole rings is 1. The Kier molecular flexibility index (Phi) is 5.60. The molecule has 1 aliphatic heterocycles. The smallest absolute Gasteiger partial charge is 0.240 e. The standard InChI is InChI=1S/C16H24N6OS/c1-3-21-6-4-17-14(21)11-22-8-7-20(10-13(22)2)12-15(23)19-16-18-5-9-24-16/h4-6,9,13H,3,7-8,10-12H2,1-2H3,(H,18,19,23). The van der Waals surface area contributed by atoms with Crippen LogP contribution in [0.2, 0.25) is 0 Å². The second-order valence-corrected chi connectivity index (χ2v) is 6.96. The Bertz CT molecular complexity index is 655. The molecular weight excluding hydrogens is 324 g/mol. The SMILES string of the molecule is CCn1ccnc1CN1CCN(CC(=O)Nc2nccs2)CC1C. The lowest BCUT2D eigenvalue weighted by Crippen LogP contribution is -2.53. The molecule has 1 saturated heterocycles. The third-order valence-electron chi connectivity index (χ3n) is 4.38. The van der Waals surface area contributed by atoms with Gasteiger partial charge < -0.3 is 9.88 Å². The zero-order chi connectivity index (χ0) is 16.9. The average Bonchev–Trinajstić information content (AvgIpc) is 3.21. The number of piperazine rings is 1. The number of hydrogen-bond acceptors (Lipinski definition) is 6. The summed E-state index contributed by atoms with van der Waals surface area (Å²) in [6.45, 7) is 9.30. The van der Waals surface area contributed by atoms with Crippen molar-refractivity contribution in [1.82, 2.24) is 24.3 Å². The van der Waals surface area contributed by atoms with Crippen molar-refractivity contribution in [2.75, 3.05) is 31.5 Å². The summed E-state index contributed by atoms with van der Waals surface area (Å²) in [5.41, 5.74) is 0. The summed E-state index contributed by atoms with van der Waals surface area (Å²) in [6, 6.07) is 0.397. The van der Waals surface area contributed by atoms with Crippen molar-refractivity contribution >= 4 is 22.4 Å². The monoisotopic (exact) mass is 348 g/mol. The third kappa shape index (κ3) is 4.19. The molecule has 1 amide bonds. The summed E-state index contributed by atoms with van der Waals surface area (Å²) in [5.74, 6) is 1.12. The van der Waals surface area contributed by atoms with Gasteiger partial charge in [-0.2, -0.15) is 0 Å². The number of carbonyl (C=O) groups is 1. The molecule has 24 heavy (non-hydrogen) atoms. The summed E-state index contributed by atoms with van der Waals surface area (Å²) < 4.78 is 2.18. The number of aryl methyl sites for hydroxylation is 1. The molecule has 1 unspecified atom stereocenters. The molecule has 3 heterocycles. The van der Waals surface area contributed by atoms with Crippen molar-refractivity contribution in [1.29, 1.82) is 0 Å². The zero-order valence-electron chi connectivity index (χ0n) is 14.2. The summed E-state index contributed by atoms with van der Waals surface area (Å²) in [6.07, 6.45) is 5.59. The summed E-state index contributed by atoms with van der Waals surface area (Å²) >= 11 is 1.44. The molecule has 130 valence electrons. The van der Waals surface area contributed by atoms with Crippen LogP contribution in [-0.2, 0) is 17.9 Å². The van der Waals surface area contributed by atoms with Crippen LogP contribution in [0, 0.1) is 0 Å². The van der Waals surface area contributed by atoms with E-state index in [1.54, 1.807) is 6.20 Å². The quantitative estimate of drug-likeness (QED) is 0.857. The van der Waals surface area contributed by atoms with Gasteiger partial charge in [-0.15, -0.1) is 11.3 Å². The molecule has 1 fully saturated rings. The van der Waals surface area contributed by atoms with Gasteiger partial charge in [0.15, 0.2) is 5.13 Å². The molecule has 1 atom stereocenters. The Hall–Kier alpha value is -1.77. The lowest BCUT2D eigenvalue weighted by Gasteiger charge is -2.39. The van der Waals surface area contributed by atoms with E-state index in [-0.39, 0.29) is 5.91 Å². The van der Waals surface area contributed by atoms with Crippen molar-refractivity contribution < 1.29 is 4.79 Å². The zero-order valence-corrected chi connectivity index (χ0v) is 15.0. The number of hydrogen-bond donors (Lipinski definition) is 1. The fourth-order valence-electron chi connectivity index (χ4n) is 3.06. The number of anilines is 1. The number of nitrogens with zero attached hydrogens (tertiary/aromatic N) is 5. The minimum absolute atomic E-state index is 0.00660. The largest absolute Gasteiger partial charge is 0.334 e. The first kappa shape index (κ1) is 17.1. The predicted octanol–water partition coefficient (Wildman–Crippen LogP) is 1.50. The highest BCUT2D eigenvalue weighted by atomic mass is 32.1. The second-order valence-electron chi connectivity index (χ2n) is 6.07. The Balaban J connectivity index is 1.49. The van der Waals surface area contributed by atoms with Crippen LogP contribution in [0.3, 0.4) is 0 Å². The Morgan fingerprint density at radius 2 is 2.25 bits per heavy atom. The van der Waals surface area contributed by atoms with Gasteiger partial charge in [-0.05, 0) is 13.8 Å². The first-order valence-corrected chi connectivity index (χ1v) is 9.19. The Morgan fingerprint density at radius 1 is 1.38 bits per heavy atom. The van der Waals surface area contributed by atoms with E-state index >= 15 is 0 Å². The molecule has 0 aromatic carbocycles. The van der Waals surface area contributed by atoms with Crippen molar-refractivity contribution in [3.8, 4) is 0 Å². The molecule has 8 heteroatoms. The fraction of sp³-hybridized carbons (Fsp3) is 0.562. The van der Waals surface area contributed by atoms with Crippen LogP contribution < -0.4 is 5.32 Å². The molecule has 3 rings (SSSR count). The average molecular weight is 348 g/mol. The van der Waals surface area contributed by atoms with Gasteiger partial charge in [0.1, 0.15) is 5.82 Å². The minimum Gasteiger partial charge on any atom is -0.334 e. The first-order chi connectivity index (χ1) is 11.7. The number of thiazole rings is 1. The van der Waals surface area contributed by atoms with Crippen LogP contribution in [-0.4, -0.2) is 62.5 Å². The topological polar surface area (TPSA) is 66.3 Å². The summed E-state index contributed by atoms with van der Waals surface area (Å²) in [7, 11) is 0. The number of amides is 1. The summed E-state index contributed by atoms with van der Waals surface area (Å²) in [5, 5.41) is 5.37. The Labute approximate surface area is 146 Å². The van der Waals surface area contributed by atoms with E-state index in [1.807, 2.05) is 17.8 Å². The van der Waals surface area contributed by atoms with Crippen LogP contribution in [0.1, 0.15) is 19.7 Å². The van der Waals surface area contributed by atoms with Crippen molar-refractivity contribution in [2.24, 2.45) is 0 Å². The molecule has 2 aromatic rings. The summed E-state index contributed by atoms with van der Waals surface area (Å²) in [4.78, 5) is 25.3. The van der Waals surface area contributed by atoms with Gasteiger partial charge >= 0.3 is 0 Å². The molecule has 2 aromatic heterocycles.